The van der Waals surface area contributed by atoms with Gasteiger partial charge < -0.3 is 10.4 Å². The Morgan fingerprint density at radius 3 is 2.64 bits per heavy atom. The molecule has 0 spiro atoms. The number of benzene rings is 2. The molecular formula is C16H16N2O4. The Kier molecular flexibility index (Phi) is 4.41. The number of rotatable bonds is 4. The quantitative estimate of drug-likeness (QED) is 0.670. The van der Waals surface area contributed by atoms with Gasteiger partial charge in [0.25, 0.3) is 11.6 Å². The van der Waals surface area contributed by atoms with Gasteiger partial charge in [-0.3, -0.25) is 14.9 Å². The molecule has 1 amide bonds. The van der Waals surface area contributed by atoms with Crippen molar-refractivity contribution in [2.45, 2.75) is 20.4 Å². The molecular weight excluding hydrogens is 284 g/mol. The molecule has 114 valence electrons. The van der Waals surface area contributed by atoms with Crippen LogP contribution in [0.15, 0.2) is 36.4 Å². The predicted octanol–water partition coefficient (Wildman–Crippen LogP) is 2.85. The van der Waals surface area contributed by atoms with Crippen LogP contribution in [0.2, 0.25) is 0 Å². The SMILES string of the molecule is Cc1ccc(C)c(C(=O)NCc2cc([N+](=O)[O-])ccc2O)c1. The van der Waals surface area contributed by atoms with Crippen LogP contribution < -0.4 is 5.32 Å². The number of hydrogen-bond donors (Lipinski definition) is 2. The van der Waals surface area contributed by atoms with Gasteiger partial charge in [0.1, 0.15) is 5.75 Å². The number of carbonyl (C=O) groups excluding carboxylic acids is 1. The van der Waals surface area contributed by atoms with Gasteiger partial charge in [0, 0.05) is 29.8 Å². The second-order valence-electron chi connectivity index (χ2n) is 5.07. The van der Waals surface area contributed by atoms with Crippen LogP contribution in [0.4, 0.5) is 5.69 Å². The number of aromatic hydroxyl groups is 1. The lowest BCUT2D eigenvalue weighted by Gasteiger charge is -2.09. The van der Waals surface area contributed by atoms with E-state index in [4.69, 9.17) is 0 Å². The Morgan fingerprint density at radius 2 is 1.95 bits per heavy atom. The van der Waals surface area contributed by atoms with Gasteiger partial charge in [-0.25, -0.2) is 0 Å². The summed E-state index contributed by atoms with van der Waals surface area (Å²) in [5.74, 6) is -0.376. The number of nitro benzene ring substituents is 1. The number of phenolic OH excluding ortho intramolecular Hbond substituents is 1. The lowest BCUT2D eigenvalue weighted by atomic mass is 10.0. The van der Waals surface area contributed by atoms with Crippen molar-refractivity contribution in [1.82, 2.24) is 5.32 Å². The first-order chi connectivity index (χ1) is 10.4. The number of nitro groups is 1. The van der Waals surface area contributed by atoms with E-state index in [1.54, 1.807) is 6.07 Å². The van der Waals surface area contributed by atoms with Crippen molar-refractivity contribution in [2.24, 2.45) is 0 Å². The van der Waals surface area contributed by atoms with Crippen LogP contribution in [-0.2, 0) is 6.54 Å². The minimum Gasteiger partial charge on any atom is -0.508 e. The molecule has 0 heterocycles. The Balaban J connectivity index is 2.16. The molecule has 0 saturated carbocycles. The number of nitrogens with zero attached hydrogens (tertiary/aromatic N) is 1. The van der Waals surface area contributed by atoms with Crippen LogP contribution in [-0.4, -0.2) is 15.9 Å². The Labute approximate surface area is 127 Å². The Bertz CT molecular complexity index is 741. The maximum absolute atomic E-state index is 12.2. The van der Waals surface area contributed by atoms with Crippen LogP contribution in [0.1, 0.15) is 27.0 Å². The summed E-state index contributed by atoms with van der Waals surface area (Å²) in [6.07, 6.45) is 0. The van der Waals surface area contributed by atoms with E-state index in [0.29, 0.717) is 11.1 Å². The van der Waals surface area contributed by atoms with E-state index >= 15 is 0 Å². The van der Waals surface area contributed by atoms with Crippen molar-refractivity contribution in [3.8, 4) is 5.75 Å². The predicted molar refractivity (Wildman–Crippen MR) is 81.8 cm³/mol. The van der Waals surface area contributed by atoms with Gasteiger partial charge in [-0.15, -0.1) is 0 Å². The van der Waals surface area contributed by atoms with Crippen molar-refractivity contribution in [3.05, 3.63) is 68.8 Å². The zero-order valence-electron chi connectivity index (χ0n) is 12.3. The van der Waals surface area contributed by atoms with E-state index in [0.717, 1.165) is 11.1 Å². The summed E-state index contributed by atoms with van der Waals surface area (Å²) in [6, 6.07) is 9.26. The summed E-state index contributed by atoms with van der Waals surface area (Å²) >= 11 is 0. The third-order valence-corrected chi connectivity index (χ3v) is 3.35. The second-order valence-corrected chi connectivity index (χ2v) is 5.07. The zero-order chi connectivity index (χ0) is 16.3. The van der Waals surface area contributed by atoms with Crippen molar-refractivity contribution >= 4 is 11.6 Å². The molecule has 0 aliphatic heterocycles. The highest BCUT2D eigenvalue weighted by atomic mass is 16.6. The minimum absolute atomic E-state index is 0.0136. The molecule has 22 heavy (non-hydrogen) atoms. The number of amides is 1. The average Bonchev–Trinajstić information content (AvgIpc) is 2.48. The number of non-ortho nitro benzene ring substituents is 1. The van der Waals surface area contributed by atoms with E-state index < -0.39 is 4.92 Å². The van der Waals surface area contributed by atoms with Crippen LogP contribution >= 0.6 is 0 Å². The van der Waals surface area contributed by atoms with Gasteiger partial charge in [-0.1, -0.05) is 17.7 Å². The van der Waals surface area contributed by atoms with Crippen LogP contribution in [0.3, 0.4) is 0 Å². The zero-order valence-corrected chi connectivity index (χ0v) is 12.3. The molecule has 6 heteroatoms. The first kappa shape index (κ1) is 15.5. The molecule has 6 nitrogen and oxygen atoms in total. The second kappa shape index (κ2) is 6.26. The van der Waals surface area contributed by atoms with E-state index in [-0.39, 0.29) is 23.9 Å². The third-order valence-electron chi connectivity index (χ3n) is 3.35. The Hall–Kier alpha value is -2.89. The summed E-state index contributed by atoms with van der Waals surface area (Å²) in [7, 11) is 0. The fourth-order valence-electron chi connectivity index (χ4n) is 2.08. The van der Waals surface area contributed by atoms with E-state index in [1.165, 1.54) is 18.2 Å². The van der Waals surface area contributed by atoms with Crippen molar-refractivity contribution in [3.63, 3.8) is 0 Å². The third kappa shape index (κ3) is 3.41. The van der Waals surface area contributed by atoms with Gasteiger partial charge in [-0.2, -0.15) is 0 Å². The standard InChI is InChI=1S/C16H16N2O4/c1-10-3-4-11(2)14(7-10)16(20)17-9-12-8-13(18(21)22)5-6-15(12)19/h3-8,19H,9H2,1-2H3,(H,17,20). The normalized spacial score (nSPS) is 10.3. The molecule has 0 aliphatic carbocycles. The first-order valence-electron chi connectivity index (χ1n) is 6.70. The number of nitrogens with one attached hydrogen (secondary N) is 1. The molecule has 0 saturated heterocycles. The summed E-state index contributed by atoms with van der Waals surface area (Å²) in [4.78, 5) is 22.4. The van der Waals surface area contributed by atoms with Crippen molar-refractivity contribution in [2.75, 3.05) is 0 Å². The smallest absolute Gasteiger partial charge is 0.270 e. The van der Waals surface area contributed by atoms with Crippen LogP contribution in [0.25, 0.3) is 0 Å². The van der Waals surface area contributed by atoms with Gasteiger partial charge >= 0.3 is 0 Å². The molecule has 0 fully saturated rings. The fraction of sp³-hybridized carbons (Fsp3) is 0.188. The lowest BCUT2D eigenvalue weighted by molar-refractivity contribution is -0.384. The summed E-state index contributed by atoms with van der Waals surface area (Å²) in [5.41, 5.74) is 2.52. The van der Waals surface area contributed by atoms with Crippen LogP contribution in [0, 0.1) is 24.0 Å². The molecule has 0 aliphatic rings. The molecule has 2 aromatic rings. The highest BCUT2D eigenvalue weighted by Gasteiger charge is 2.13. The topological polar surface area (TPSA) is 92.5 Å². The van der Waals surface area contributed by atoms with E-state index in [1.807, 2.05) is 26.0 Å². The van der Waals surface area contributed by atoms with Crippen molar-refractivity contribution in [1.29, 1.82) is 0 Å². The Morgan fingerprint density at radius 1 is 1.23 bits per heavy atom. The number of phenols is 1. The van der Waals surface area contributed by atoms with E-state index in [2.05, 4.69) is 5.32 Å². The fourth-order valence-corrected chi connectivity index (χ4v) is 2.08. The van der Waals surface area contributed by atoms with Crippen molar-refractivity contribution < 1.29 is 14.8 Å². The number of aryl methyl sites for hydroxylation is 2. The number of carbonyl (C=O) groups is 1. The lowest BCUT2D eigenvalue weighted by Crippen LogP contribution is -2.23. The minimum atomic E-state index is -0.546. The molecule has 2 rings (SSSR count). The van der Waals surface area contributed by atoms with Gasteiger partial charge in [0.15, 0.2) is 0 Å². The molecule has 0 unspecified atom stereocenters. The monoisotopic (exact) mass is 300 g/mol. The summed E-state index contributed by atoms with van der Waals surface area (Å²) in [5, 5.41) is 23.1. The van der Waals surface area contributed by atoms with Gasteiger partial charge in [-0.05, 0) is 31.5 Å². The maximum Gasteiger partial charge on any atom is 0.270 e. The molecule has 0 radical (unpaired) electrons. The highest BCUT2D eigenvalue weighted by Crippen LogP contribution is 2.23. The van der Waals surface area contributed by atoms with Crippen LogP contribution in [0.5, 0.6) is 5.75 Å². The molecule has 2 N–H and O–H groups in total. The largest absolute Gasteiger partial charge is 0.508 e. The average molecular weight is 300 g/mol. The maximum atomic E-state index is 12.2. The molecule has 2 aromatic carbocycles. The highest BCUT2D eigenvalue weighted by molar-refractivity contribution is 5.95. The number of hydrogen-bond acceptors (Lipinski definition) is 4. The molecule has 0 bridgehead atoms. The summed E-state index contributed by atoms with van der Waals surface area (Å²) in [6.45, 7) is 3.74. The molecule has 0 atom stereocenters. The van der Waals surface area contributed by atoms with Gasteiger partial charge in [0.05, 0.1) is 4.92 Å². The van der Waals surface area contributed by atoms with E-state index in [9.17, 15) is 20.0 Å². The first-order valence-corrected chi connectivity index (χ1v) is 6.70. The van der Waals surface area contributed by atoms with Gasteiger partial charge in [0.2, 0.25) is 0 Å². The summed E-state index contributed by atoms with van der Waals surface area (Å²) < 4.78 is 0. The molecule has 0 aromatic heterocycles.